The van der Waals surface area contributed by atoms with Crippen LogP contribution in [0.2, 0.25) is 0 Å². The maximum absolute atomic E-state index is 3.96. The Bertz CT molecular complexity index is 1800. The van der Waals surface area contributed by atoms with Gasteiger partial charge >= 0.3 is 0 Å². The second-order valence-corrected chi connectivity index (χ2v) is 10.2. The number of nitrogens with zero attached hydrogens (tertiary/aromatic N) is 2. The normalized spacial score (nSPS) is 15.7. The van der Waals surface area contributed by atoms with Gasteiger partial charge in [-0.25, -0.2) is 0 Å². The molecule has 34 heavy (non-hydrogen) atoms. The molecule has 1 unspecified atom stereocenters. The van der Waals surface area contributed by atoms with Crippen molar-refractivity contribution in [2.45, 2.75) is 13.3 Å². The minimum Gasteiger partial charge on any atom is -0.310 e. The summed E-state index contributed by atoms with van der Waals surface area (Å²) in [6.07, 6.45) is 3.45. The highest BCUT2D eigenvalue weighted by Gasteiger charge is 2.19. The summed E-state index contributed by atoms with van der Waals surface area (Å²) in [5.74, 6) is 0.491. The fourth-order valence-electron chi connectivity index (χ4n) is 5.65. The van der Waals surface area contributed by atoms with Gasteiger partial charge in [-0.05, 0) is 54.8 Å². The van der Waals surface area contributed by atoms with E-state index in [0.29, 0.717) is 5.92 Å². The zero-order valence-corrected chi connectivity index (χ0v) is 20.5. The van der Waals surface area contributed by atoms with Gasteiger partial charge in [0.2, 0.25) is 0 Å². The van der Waals surface area contributed by atoms with Crippen LogP contribution < -0.4 is 10.6 Å². The SMILES string of the molecule is CC1C=c2c(c3cc(-n4c5ccccc5c5ccccc54)ccc3n2-c2ccccc2)=C(Br)C1. The van der Waals surface area contributed by atoms with Crippen LogP contribution in [0.3, 0.4) is 0 Å². The molecule has 0 amide bonds. The van der Waals surface area contributed by atoms with Gasteiger partial charge in [-0.1, -0.05) is 83.5 Å². The maximum Gasteiger partial charge on any atom is 0.0542 e. The number of halogens is 1. The molecule has 0 radical (unpaired) electrons. The first-order chi connectivity index (χ1) is 16.7. The number of para-hydroxylation sites is 3. The van der Waals surface area contributed by atoms with Crippen molar-refractivity contribution in [2.24, 2.45) is 5.92 Å². The molecule has 0 aliphatic heterocycles. The van der Waals surface area contributed by atoms with Crippen LogP contribution in [0, 0.1) is 5.92 Å². The van der Waals surface area contributed by atoms with Crippen LogP contribution in [-0.4, -0.2) is 9.13 Å². The molecule has 164 valence electrons. The van der Waals surface area contributed by atoms with Gasteiger partial charge in [0.25, 0.3) is 0 Å². The third-order valence-corrected chi connectivity index (χ3v) is 7.78. The summed E-state index contributed by atoms with van der Waals surface area (Å²) in [4.78, 5) is 0. The number of hydrogen-bond donors (Lipinski definition) is 0. The summed E-state index contributed by atoms with van der Waals surface area (Å²) in [7, 11) is 0. The van der Waals surface area contributed by atoms with E-state index in [1.165, 1.54) is 59.1 Å². The predicted octanol–water partition coefficient (Wildman–Crippen LogP) is 7.05. The summed E-state index contributed by atoms with van der Waals surface area (Å²) in [6.45, 7) is 2.29. The Morgan fingerprint density at radius 2 is 1.26 bits per heavy atom. The van der Waals surface area contributed by atoms with Crippen molar-refractivity contribution in [1.82, 2.24) is 9.13 Å². The summed E-state index contributed by atoms with van der Waals surface area (Å²) in [6, 6.07) is 35.0. The second-order valence-electron chi connectivity index (χ2n) is 9.26. The monoisotopic (exact) mass is 502 g/mol. The number of rotatable bonds is 2. The van der Waals surface area contributed by atoms with E-state index < -0.39 is 0 Å². The Morgan fingerprint density at radius 3 is 1.97 bits per heavy atom. The Balaban J connectivity index is 1.62. The minimum absolute atomic E-state index is 0.491. The van der Waals surface area contributed by atoms with E-state index in [-0.39, 0.29) is 0 Å². The molecule has 1 atom stereocenters. The van der Waals surface area contributed by atoms with Gasteiger partial charge in [0.15, 0.2) is 0 Å². The number of fused-ring (bicyclic) bond motifs is 6. The van der Waals surface area contributed by atoms with E-state index in [4.69, 9.17) is 0 Å². The standard InChI is InChI=1S/C31H23BrN2/c1-20-17-26(32)31-25-19-22(15-16-29(25)33(30(31)18-20)21-9-3-2-4-10-21)34-27-13-7-5-11-23(27)24-12-6-8-14-28(24)34/h2-16,18-20H,17H2,1H3. The first-order valence-corrected chi connectivity index (χ1v) is 12.6. The number of benzene rings is 4. The van der Waals surface area contributed by atoms with Gasteiger partial charge in [-0.2, -0.15) is 0 Å². The van der Waals surface area contributed by atoms with Crippen molar-refractivity contribution >= 4 is 59.2 Å². The lowest BCUT2D eigenvalue weighted by Gasteiger charge is -2.12. The molecule has 0 fully saturated rings. The topological polar surface area (TPSA) is 9.86 Å². The van der Waals surface area contributed by atoms with Crippen LogP contribution in [0.1, 0.15) is 13.3 Å². The lowest BCUT2D eigenvalue weighted by atomic mass is 10.0. The zero-order valence-electron chi connectivity index (χ0n) is 18.9. The first-order valence-electron chi connectivity index (χ1n) is 11.8. The summed E-state index contributed by atoms with van der Waals surface area (Å²) in [5, 5.41) is 6.47. The quantitative estimate of drug-likeness (QED) is 0.240. The van der Waals surface area contributed by atoms with Crippen molar-refractivity contribution in [3.8, 4) is 11.4 Å². The average Bonchev–Trinajstić information content (AvgIpc) is 3.37. The Labute approximate surface area is 206 Å². The van der Waals surface area contributed by atoms with E-state index in [1.54, 1.807) is 0 Å². The fraction of sp³-hybridized carbons (Fsp3) is 0.0968. The molecule has 0 saturated heterocycles. The molecule has 1 aliphatic carbocycles. The molecule has 0 spiro atoms. The van der Waals surface area contributed by atoms with Crippen LogP contribution in [0.25, 0.3) is 54.6 Å². The smallest absolute Gasteiger partial charge is 0.0542 e. The molecule has 4 aromatic carbocycles. The lowest BCUT2D eigenvalue weighted by molar-refractivity contribution is 0.789. The van der Waals surface area contributed by atoms with Crippen molar-refractivity contribution in [2.75, 3.05) is 0 Å². The van der Waals surface area contributed by atoms with Gasteiger partial charge < -0.3 is 9.13 Å². The zero-order chi connectivity index (χ0) is 22.8. The van der Waals surface area contributed by atoms with Gasteiger partial charge in [0.05, 0.1) is 21.9 Å². The molecule has 6 aromatic rings. The molecule has 3 heteroatoms. The third kappa shape index (κ3) is 2.80. The largest absolute Gasteiger partial charge is 0.310 e. The van der Waals surface area contributed by atoms with E-state index in [0.717, 1.165) is 6.42 Å². The van der Waals surface area contributed by atoms with Gasteiger partial charge in [0, 0.05) is 37.2 Å². The van der Waals surface area contributed by atoms with Gasteiger partial charge in [-0.15, -0.1) is 0 Å². The van der Waals surface area contributed by atoms with Crippen molar-refractivity contribution in [3.63, 3.8) is 0 Å². The lowest BCUT2D eigenvalue weighted by Crippen LogP contribution is -2.33. The minimum atomic E-state index is 0.491. The Morgan fingerprint density at radius 1 is 0.647 bits per heavy atom. The van der Waals surface area contributed by atoms with Crippen LogP contribution in [0.4, 0.5) is 0 Å². The number of aromatic nitrogens is 2. The van der Waals surface area contributed by atoms with E-state index in [9.17, 15) is 0 Å². The van der Waals surface area contributed by atoms with Crippen LogP contribution in [0.5, 0.6) is 0 Å². The highest BCUT2D eigenvalue weighted by Crippen LogP contribution is 2.33. The summed E-state index contributed by atoms with van der Waals surface area (Å²) >= 11 is 3.96. The molecule has 1 aliphatic rings. The Kier molecular flexibility index (Phi) is 4.37. The second kappa shape index (κ2) is 7.48. The van der Waals surface area contributed by atoms with Crippen molar-refractivity contribution in [1.29, 1.82) is 0 Å². The Hall–Kier alpha value is -3.56. The van der Waals surface area contributed by atoms with Gasteiger partial charge in [0.1, 0.15) is 0 Å². The van der Waals surface area contributed by atoms with Crippen LogP contribution >= 0.6 is 15.9 Å². The third-order valence-electron chi connectivity index (χ3n) is 7.05. The van der Waals surface area contributed by atoms with Crippen LogP contribution in [-0.2, 0) is 0 Å². The molecule has 7 rings (SSSR count). The van der Waals surface area contributed by atoms with E-state index in [1.807, 2.05) is 0 Å². The highest BCUT2D eigenvalue weighted by atomic mass is 79.9. The highest BCUT2D eigenvalue weighted by molar-refractivity contribution is 9.14. The summed E-state index contributed by atoms with van der Waals surface area (Å²) < 4.78 is 6.10. The van der Waals surface area contributed by atoms with E-state index >= 15 is 0 Å². The molecule has 2 heterocycles. The molecular formula is C31H23BrN2. The molecule has 0 bridgehead atoms. The van der Waals surface area contributed by atoms with Crippen molar-refractivity contribution < 1.29 is 0 Å². The molecule has 2 aromatic heterocycles. The molecule has 2 nitrogen and oxygen atoms in total. The van der Waals surface area contributed by atoms with Gasteiger partial charge in [-0.3, -0.25) is 0 Å². The predicted molar refractivity (Wildman–Crippen MR) is 147 cm³/mol. The summed E-state index contributed by atoms with van der Waals surface area (Å²) in [5.41, 5.74) is 6.11. The maximum atomic E-state index is 3.96. The molecule has 0 N–H and O–H groups in total. The average molecular weight is 503 g/mol. The van der Waals surface area contributed by atoms with Crippen LogP contribution in [0.15, 0.2) is 97.1 Å². The van der Waals surface area contributed by atoms with E-state index in [2.05, 4.69) is 135 Å². The fourth-order valence-corrected chi connectivity index (χ4v) is 6.58. The molecular weight excluding hydrogens is 480 g/mol. The van der Waals surface area contributed by atoms with Crippen molar-refractivity contribution in [3.05, 3.63) is 108 Å². The molecule has 0 saturated carbocycles. The number of hydrogen-bond acceptors (Lipinski definition) is 0. The first kappa shape index (κ1) is 19.9.